The van der Waals surface area contributed by atoms with Gasteiger partial charge >= 0.3 is 0 Å². The van der Waals surface area contributed by atoms with Gasteiger partial charge in [0.1, 0.15) is 0 Å². The summed E-state index contributed by atoms with van der Waals surface area (Å²) in [5.74, 6) is 0.154. The van der Waals surface area contributed by atoms with Gasteiger partial charge in [0, 0.05) is 10.9 Å². The average Bonchev–Trinajstić information content (AvgIpc) is 2.29. The molecule has 0 bridgehead atoms. The predicted molar refractivity (Wildman–Crippen MR) is 66.4 cm³/mol. The van der Waals surface area contributed by atoms with E-state index in [0.717, 1.165) is 22.9 Å². The molecule has 0 radical (unpaired) electrons. The molecule has 2 N–H and O–H groups in total. The lowest BCUT2D eigenvalue weighted by atomic mass is 10.0. The van der Waals surface area contributed by atoms with Gasteiger partial charge in [-0.05, 0) is 30.0 Å². The van der Waals surface area contributed by atoms with Crippen LogP contribution in [0.5, 0.6) is 0 Å². The molecule has 1 unspecified atom stereocenters. The van der Waals surface area contributed by atoms with Gasteiger partial charge in [0.2, 0.25) is 0 Å². The van der Waals surface area contributed by atoms with Crippen LogP contribution in [0.25, 0.3) is 0 Å². The molecule has 1 aliphatic rings. The maximum Gasteiger partial charge on any atom is 0.153 e. The Bertz CT molecular complexity index is 381. The summed E-state index contributed by atoms with van der Waals surface area (Å²) in [6.45, 7) is 0. The maximum atomic E-state index is 11.5. The molecule has 1 aromatic carbocycles. The number of Topliss-reactive ketones (excluding diaryl/α,β-unsaturated/α-hetero) is 1. The molecule has 0 spiro atoms. The highest BCUT2D eigenvalue weighted by Gasteiger charge is 2.21. The number of fused-ring (bicyclic) bond motifs is 1. The summed E-state index contributed by atoms with van der Waals surface area (Å²) < 4.78 is 1.09. The molecule has 82 valence electrons. The predicted octanol–water partition coefficient (Wildman–Crippen LogP) is 2.26. The van der Waals surface area contributed by atoms with Crippen molar-refractivity contribution in [3.05, 3.63) is 33.8 Å². The standard InChI is InChI=1S/C11H12BrNO.ClH/c12-9-3-1-2-7-6-11(14)10(13)5-4-8(7)9;/h1-3,10H,4-6,13H2;1H. The van der Waals surface area contributed by atoms with Crippen molar-refractivity contribution in [1.82, 2.24) is 0 Å². The number of halogens is 2. The molecule has 0 heterocycles. The van der Waals surface area contributed by atoms with E-state index >= 15 is 0 Å². The first kappa shape index (κ1) is 12.7. The zero-order chi connectivity index (χ0) is 10.1. The largest absolute Gasteiger partial charge is 0.321 e. The molecule has 2 rings (SSSR count). The fourth-order valence-electron chi connectivity index (χ4n) is 1.83. The Labute approximate surface area is 104 Å². The van der Waals surface area contributed by atoms with Crippen LogP contribution < -0.4 is 5.73 Å². The van der Waals surface area contributed by atoms with E-state index < -0.39 is 0 Å². The van der Waals surface area contributed by atoms with Crippen LogP contribution in [0.3, 0.4) is 0 Å². The van der Waals surface area contributed by atoms with Gasteiger partial charge in [0.25, 0.3) is 0 Å². The highest BCUT2D eigenvalue weighted by Crippen LogP contribution is 2.25. The van der Waals surface area contributed by atoms with Crippen molar-refractivity contribution < 1.29 is 4.79 Å². The van der Waals surface area contributed by atoms with Crippen LogP contribution in [0.2, 0.25) is 0 Å². The van der Waals surface area contributed by atoms with Gasteiger partial charge in [-0.3, -0.25) is 4.79 Å². The molecule has 0 aromatic heterocycles. The molecule has 0 aliphatic heterocycles. The number of ketones is 1. The Morgan fingerprint density at radius 1 is 1.40 bits per heavy atom. The van der Waals surface area contributed by atoms with Gasteiger partial charge in [-0.25, -0.2) is 0 Å². The number of nitrogens with two attached hydrogens (primary N) is 1. The number of rotatable bonds is 0. The van der Waals surface area contributed by atoms with Crippen molar-refractivity contribution in [1.29, 1.82) is 0 Å². The molecule has 0 amide bonds. The minimum Gasteiger partial charge on any atom is -0.321 e. The molecule has 0 fully saturated rings. The van der Waals surface area contributed by atoms with Crippen molar-refractivity contribution >= 4 is 34.1 Å². The first-order valence-corrected chi connectivity index (χ1v) is 5.52. The van der Waals surface area contributed by atoms with Crippen molar-refractivity contribution in [3.8, 4) is 0 Å². The second kappa shape index (κ2) is 5.10. The second-order valence-electron chi connectivity index (χ2n) is 3.67. The van der Waals surface area contributed by atoms with Gasteiger partial charge in [0.05, 0.1) is 6.04 Å². The van der Waals surface area contributed by atoms with Crippen LogP contribution >= 0.6 is 28.3 Å². The SMILES string of the molecule is Cl.NC1CCc2c(Br)cccc2CC1=O. The Hall–Kier alpha value is -0.380. The van der Waals surface area contributed by atoms with Gasteiger partial charge in [-0.15, -0.1) is 12.4 Å². The van der Waals surface area contributed by atoms with Crippen LogP contribution in [-0.4, -0.2) is 11.8 Å². The average molecular weight is 291 g/mol. The molecular weight excluding hydrogens is 277 g/mol. The van der Waals surface area contributed by atoms with Crippen molar-refractivity contribution in [2.24, 2.45) is 5.73 Å². The first-order valence-electron chi connectivity index (χ1n) is 4.73. The number of carbonyl (C=O) groups excluding carboxylic acids is 1. The highest BCUT2D eigenvalue weighted by atomic mass is 79.9. The Kier molecular flexibility index (Phi) is 4.32. The summed E-state index contributed by atoms with van der Waals surface area (Å²) in [5.41, 5.74) is 8.11. The minimum absolute atomic E-state index is 0. The molecule has 15 heavy (non-hydrogen) atoms. The zero-order valence-electron chi connectivity index (χ0n) is 8.20. The first-order chi connectivity index (χ1) is 6.68. The van der Waals surface area contributed by atoms with E-state index in [9.17, 15) is 4.79 Å². The second-order valence-corrected chi connectivity index (χ2v) is 4.52. The van der Waals surface area contributed by atoms with E-state index in [4.69, 9.17) is 5.73 Å². The van der Waals surface area contributed by atoms with Gasteiger partial charge < -0.3 is 5.73 Å². The van der Waals surface area contributed by atoms with Crippen molar-refractivity contribution in [3.63, 3.8) is 0 Å². The Morgan fingerprint density at radius 2 is 2.13 bits per heavy atom. The van der Waals surface area contributed by atoms with E-state index in [1.165, 1.54) is 5.56 Å². The topological polar surface area (TPSA) is 43.1 Å². The van der Waals surface area contributed by atoms with Crippen molar-refractivity contribution in [2.45, 2.75) is 25.3 Å². The van der Waals surface area contributed by atoms with E-state index in [2.05, 4.69) is 15.9 Å². The lowest BCUT2D eigenvalue weighted by Gasteiger charge is -2.05. The molecule has 4 heteroatoms. The molecule has 1 atom stereocenters. The van der Waals surface area contributed by atoms with E-state index in [0.29, 0.717) is 6.42 Å². The number of hydrogen-bond acceptors (Lipinski definition) is 2. The molecule has 1 aliphatic carbocycles. The number of benzene rings is 1. The van der Waals surface area contributed by atoms with Gasteiger partial charge in [0.15, 0.2) is 5.78 Å². The molecule has 1 aromatic rings. The summed E-state index contributed by atoms with van der Waals surface area (Å²) in [6, 6.07) is 5.71. The molecule has 2 nitrogen and oxygen atoms in total. The van der Waals surface area contributed by atoms with E-state index in [1.54, 1.807) is 0 Å². The Morgan fingerprint density at radius 3 is 2.87 bits per heavy atom. The van der Waals surface area contributed by atoms with Gasteiger partial charge in [-0.2, -0.15) is 0 Å². The Balaban J connectivity index is 0.00000112. The number of hydrogen-bond donors (Lipinski definition) is 1. The lowest BCUT2D eigenvalue weighted by molar-refractivity contribution is -0.119. The monoisotopic (exact) mass is 289 g/mol. The smallest absolute Gasteiger partial charge is 0.153 e. The molecule has 0 saturated carbocycles. The zero-order valence-corrected chi connectivity index (χ0v) is 10.6. The minimum atomic E-state index is -0.283. The summed E-state index contributed by atoms with van der Waals surface area (Å²) >= 11 is 3.50. The highest BCUT2D eigenvalue weighted by molar-refractivity contribution is 9.10. The van der Waals surface area contributed by atoms with Crippen LogP contribution in [0.4, 0.5) is 0 Å². The normalized spacial score (nSPS) is 20.1. The van der Waals surface area contributed by atoms with E-state index in [-0.39, 0.29) is 24.2 Å². The van der Waals surface area contributed by atoms with Crippen LogP contribution in [0, 0.1) is 0 Å². The lowest BCUT2D eigenvalue weighted by Crippen LogP contribution is -2.30. The van der Waals surface area contributed by atoms with E-state index in [1.807, 2.05) is 18.2 Å². The van der Waals surface area contributed by atoms with Crippen LogP contribution in [0.15, 0.2) is 22.7 Å². The summed E-state index contributed by atoms with van der Waals surface area (Å²) in [5, 5.41) is 0. The quantitative estimate of drug-likeness (QED) is 0.745. The molecule has 0 saturated heterocycles. The number of carbonyl (C=O) groups is 1. The third-order valence-electron chi connectivity index (χ3n) is 2.70. The third-order valence-corrected chi connectivity index (χ3v) is 3.44. The van der Waals surface area contributed by atoms with Crippen molar-refractivity contribution in [2.75, 3.05) is 0 Å². The van der Waals surface area contributed by atoms with Crippen LogP contribution in [-0.2, 0) is 17.6 Å². The fraction of sp³-hybridized carbons (Fsp3) is 0.364. The van der Waals surface area contributed by atoms with Gasteiger partial charge in [-0.1, -0.05) is 28.1 Å². The summed E-state index contributed by atoms with van der Waals surface area (Å²) in [4.78, 5) is 11.5. The summed E-state index contributed by atoms with van der Waals surface area (Å²) in [7, 11) is 0. The molecular formula is C11H13BrClNO. The maximum absolute atomic E-state index is 11.5. The summed E-state index contributed by atoms with van der Waals surface area (Å²) in [6.07, 6.45) is 2.13. The fourth-order valence-corrected chi connectivity index (χ4v) is 2.43. The third kappa shape index (κ3) is 2.60. The van der Waals surface area contributed by atoms with Crippen LogP contribution in [0.1, 0.15) is 17.5 Å².